The highest BCUT2D eigenvalue weighted by atomic mass is 32.2. The summed E-state index contributed by atoms with van der Waals surface area (Å²) in [4.78, 5) is 27.2. The third-order valence-electron chi connectivity index (χ3n) is 6.68. The summed E-state index contributed by atoms with van der Waals surface area (Å²) < 4.78 is 27.7. The molecule has 1 N–H and O–H groups in total. The van der Waals surface area contributed by atoms with E-state index in [4.69, 9.17) is 0 Å². The number of benzene rings is 2. The number of amides is 2. The highest BCUT2D eigenvalue weighted by Gasteiger charge is 2.33. The van der Waals surface area contributed by atoms with Crippen LogP contribution in [0.4, 0.5) is 0 Å². The predicted molar refractivity (Wildman–Crippen MR) is 131 cm³/mol. The molecule has 2 aromatic carbocycles. The van der Waals surface area contributed by atoms with Gasteiger partial charge in [-0.15, -0.1) is 0 Å². The molecule has 1 heterocycles. The van der Waals surface area contributed by atoms with Crippen LogP contribution in [0, 0.1) is 19.8 Å². The summed E-state index contributed by atoms with van der Waals surface area (Å²) in [5, 5.41) is 2.97. The second-order valence-corrected chi connectivity index (χ2v) is 11.5. The minimum atomic E-state index is -3.57. The average molecular weight is 484 g/mol. The number of aryl methyl sites for hydroxylation is 2. The highest BCUT2D eigenvalue weighted by molar-refractivity contribution is 7.89. The first-order valence-corrected chi connectivity index (χ1v) is 13.3. The lowest BCUT2D eigenvalue weighted by atomic mass is 9.96. The van der Waals surface area contributed by atoms with Gasteiger partial charge < -0.3 is 10.2 Å². The number of carbonyl (C=O) groups excluding carboxylic acids is 2. The molecule has 1 saturated heterocycles. The monoisotopic (exact) mass is 483 g/mol. The van der Waals surface area contributed by atoms with E-state index >= 15 is 0 Å². The number of sulfonamides is 1. The van der Waals surface area contributed by atoms with Crippen molar-refractivity contribution < 1.29 is 18.0 Å². The van der Waals surface area contributed by atoms with Crippen LogP contribution in [-0.4, -0.2) is 55.6 Å². The fraction of sp³-hybridized carbons (Fsp3) is 0.462. The molecule has 7 nitrogen and oxygen atoms in total. The topological polar surface area (TPSA) is 86.8 Å². The van der Waals surface area contributed by atoms with Crippen molar-refractivity contribution in [3.05, 3.63) is 64.7 Å². The van der Waals surface area contributed by atoms with Crippen LogP contribution >= 0.6 is 0 Å². The van der Waals surface area contributed by atoms with Crippen molar-refractivity contribution in [1.29, 1.82) is 0 Å². The molecular formula is C26H33N3O4S. The van der Waals surface area contributed by atoms with Crippen molar-refractivity contribution in [2.75, 3.05) is 20.1 Å². The molecular weight excluding hydrogens is 450 g/mol. The van der Waals surface area contributed by atoms with E-state index in [1.807, 2.05) is 38.1 Å². The second kappa shape index (κ2) is 9.88. The van der Waals surface area contributed by atoms with Crippen molar-refractivity contribution in [2.24, 2.45) is 5.92 Å². The van der Waals surface area contributed by atoms with E-state index in [0.717, 1.165) is 29.5 Å². The molecule has 4 rings (SSSR count). The van der Waals surface area contributed by atoms with Crippen LogP contribution in [0.2, 0.25) is 0 Å². The second-order valence-electron chi connectivity index (χ2n) is 9.59. The first kappa shape index (κ1) is 24.4. The molecule has 8 heteroatoms. The van der Waals surface area contributed by atoms with Gasteiger partial charge in [0.05, 0.1) is 4.90 Å². The van der Waals surface area contributed by atoms with Gasteiger partial charge in [-0.25, -0.2) is 8.42 Å². The smallest absolute Gasteiger partial charge is 0.251 e. The molecule has 182 valence electrons. The number of nitrogens with zero attached hydrogens (tertiary/aromatic N) is 2. The number of rotatable bonds is 7. The Bertz CT molecular complexity index is 1170. The fourth-order valence-corrected chi connectivity index (χ4v) is 6.17. The Hall–Kier alpha value is -2.71. The van der Waals surface area contributed by atoms with Crippen molar-refractivity contribution in [3.63, 3.8) is 0 Å². The minimum Gasteiger partial charge on any atom is -0.349 e. The number of nitrogens with one attached hydrogen (secondary N) is 1. The third-order valence-corrected chi connectivity index (χ3v) is 8.73. The maximum Gasteiger partial charge on any atom is 0.251 e. The summed E-state index contributed by atoms with van der Waals surface area (Å²) in [6.45, 7) is 4.88. The van der Waals surface area contributed by atoms with Gasteiger partial charge in [0, 0.05) is 44.2 Å². The Morgan fingerprint density at radius 1 is 1.00 bits per heavy atom. The fourth-order valence-electron chi connectivity index (χ4n) is 4.49. The summed E-state index contributed by atoms with van der Waals surface area (Å²) in [5.41, 5.74) is 3.35. The minimum absolute atomic E-state index is 0.0270. The number of carbonyl (C=O) groups is 2. The maximum absolute atomic E-state index is 13.1. The molecule has 1 aliphatic heterocycles. The molecule has 34 heavy (non-hydrogen) atoms. The van der Waals surface area contributed by atoms with E-state index < -0.39 is 10.0 Å². The van der Waals surface area contributed by atoms with Crippen LogP contribution < -0.4 is 5.32 Å². The average Bonchev–Trinajstić information content (AvgIpc) is 3.63. The lowest BCUT2D eigenvalue weighted by Gasteiger charge is -2.33. The summed E-state index contributed by atoms with van der Waals surface area (Å²) in [5.74, 6) is -0.223. The lowest BCUT2D eigenvalue weighted by Crippen LogP contribution is -2.43. The van der Waals surface area contributed by atoms with Gasteiger partial charge >= 0.3 is 0 Å². The Labute approximate surface area is 202 Å². The van der Waals surface area contributed by atoms with Gasteiger partial charge in [0.25, 0.3) is 5.91 Å². The van der Waals surface area contributed by atoms with E-state index in [-0.39, 0.29) is 17.7 Å². The molecule has 0 unspecified atom stereocenters. The largest absolute Gasteiger partial charge is 0.349 e. The van der Waals surface area contributed by atoms with E-state index in [9.17, 15) is 18.0 Å². The number of hydrogen-bond donors (Lipinski definition) is 1. The van der Waals surface area contributed by atoms with Crippen LogP contribution in [0.25, 0.3) is 0 Å². The zero-order valence-electron chi connectivity index (χ0n) is 20.1. The molecule has 0 aromatic heterocycles. The summed E-state index contributed by atoms with van der Waals surface area (Å²) >= 11 is 0. The van der Waals surface area contributed by atoms with E-state index in [2.05, 4.69) is 5.32 Å². The van der Waals surface area contributed by atoms with Gasteiger partial charge in [-0.2, -0.15) is 4.31 Å². The zero-order chi connectivity index (χ0) is 24.5. The van der Waals surface area contributed by atoms with Gasteiger partial charge in [-0.3, -0.25) is 9.59 Å². The number of piperidine rings is 1. The van der Waals surface area contributed by atoms with E-state index in [1.165, 1.54) is 4.31 Å². The SMILES string of the molecule is Cc1ccc(S(=O)(=O)N2CCC(C(=O)N(C)Cc3ccc(C(=O)NC4CC4)cc3)CC2)c(C)c1. The Morgan fingerprint density at radius 3 is 2.24 bits per heavy atom. The van der Waals surface area contributed by atoms with Gasteiger partial charge in [0.2, 0.25) is 15.9 Å². The van der Waals surface area contributed by atoms with Gasteiger partial charge in [-0.1, -0.05) is 29.8 Å². The number of hydrogen-bond acceptors (Lipinski definition) is 4. The van der Waals surface area contributed by atoms with Crippen LogP contribution in [-0.2, 0) is 21.4 Å². The molecule has 1 saturated carbocycles. The Morgan fingerprint density at radius 2 is 1.65 bits per heavy atom. The maximum atomic E-state index is 13.1. The van der Waals surface area contributed by atoms with Crippen LogP contribution in [0.15, 0.2) is 47.4 Å². The molecule has 2 fully saturated rings. The van der Waals surface area contributed by atoms with Crippen LogP contribution in [0.5, 0.6) is 0 Å². The first-order valence-electron chi connectivity index (χ1n) is 11.9. The summed E-state index contributed by atoms with van der Waals surface area (Å²) in [6.07, 6.45) is 3.11. The molecule has 1 aliphatic carbocycles. The summed E-state index contributed by atoms with van der Waals surface area (Å²) in [6, 6.07) is 13.0. The third kappa shape index (κ3) is 5.50. The van der Waals surface area contributed by atoms with Crippen molar-refractivity contribution in [3.8, 4) is 0 Å². The van der Waals surface area contributed by atoms with Crippen molar-refractivity contribution in [2.45, 2.75) is 57.0 Å². The molecule has 0 radical (unpaired) electrons. The highest BCUT2D eigenvalue weighted by Crippen LogP contribution is 2.27. The van der Waals surface area contributed by atoms with Gasteiger partial charge in [0.1, 0.15) is 0 Å². The van der Waals surface area contributed by atoms with Gasteiger partial charge in [-0.05, 0) is 68.9 Å². The Kier molecular flexibility index (Phi) is 7.09. The molecule has 2 aliphatic rings. The molecule has 0 bridgehead atoms. The lowest BCUT2D eigenvalue weighted by molar-refractivity contribution is -0.135. The van der Waals surface area contributed by atoms with E-state index in [1.54, 1.807) is 30.1 Å². The molecule has 2 aromatic rings. The predicted octanol–water partition coefficient (Wildman–Crippen LogP) is 3.25. The van der Waals surface area contributed by atoms with Crippen LogP contribution in [0.1, 0.15) is 52.7 Å². The zero-order valence-corrected chi connectivity index (χ0v) is 20.9. The van der Waals surface area contributed by atoms with Crippen LogP contribution in [0.3, 0.4) is 0 Å². The van der Waals surface area contributed by atoms with Crippen molar-refractivity contribution in [1.82, 2.24) is 14.5 Å². The Balaban J connectivity index is 1.31. The quantitative estimate of drug-likeness (QED) is 0.655. The normalized spacial score (nSPS) is 17.4. The standard InChI is InChI=1S/C26H33N3O4S/c1-18-4-11-24(19(2)16-18)34(32,33)29-14-12-22(13-15-29)26(31)28(3)17-20-5-7-21(8-6-20)25(30)27-23-9-10-23/h4-8,11,16,22-23H,9-10,12-15,17H2,1-3H3,(H,27,30). The van der Waals surface area contributed by atoms with Crippen molar-refractivity contribution >= 4 is 21.8 Å². The molecule has 2 amide bonds. The van der Waals surface area contributed by atoms with Gasteiger partial charge in [0.15, 0.2) is 0 Å². The first-order chi connectivity index (χ1) is 16.1. The summed E-state index contributed by atoms with van der Waals surface area (Å²) in [7, 11) is -1.79. The molecule has 0 atom stereocenters. The van der Waals surface area contributed by atoms with E-state index in [0.29, 0.717) is 49.0 Å². The molecule has 0 spiro atoms.